The third-order valence-electron chi connectivity index (χ3n) is 5.95. The van der Waals surface area contributed by atoms with Crippen molar-refractivity contribution in [2.75, 3.05) is 13.1 Å². The summed E-state index contributed by atoms with van der Waals surface area (Å²) in [4.78, 5) is 28.4. The van der Waals surface area contributed by atoms with E-state index < -0.39 is 0 Å². The van der Waals surface area contributed by atoms with Crippen LogP contribution in [0.4, 0.5) is 0 Å². The van der Waals surface area contributed by atoms with Gasteiger partial charge in [0.15, 0.2) is 0 Å². The summed E-state index contributed by atoms with van der Waals surface area (Å²) in [5, 5.41) is 5.08. The molecule has 2 amide bonds. The summed E-state index contributed by atoms with van der Waals surface area (Å²) in [7, 11) is 0. The Balaban J connectivity index is 1.35. The Bertz CT molecular complexity index is 846. The summed E-state index contributed by atoms with van der Waals surface area (Å²) >= 11 is 1.66. The van der Waals surface area contributed by atoms with E-state index in [1.807, 2.05) is 47.5 Å². The highest BCUT2D eigenvalue weighted by molar-refractivity contribution is 7.09. The fraction of sp³-hybridized carbons (Fsp3) is 0.429. The minimum atomic E-state index is 0.00886. The fourth-order valence-corrected chi connectivity index (χ4v) is 4.65. The van der Waals surface area contributed by atoms with Crippen molar-refractivity contribution in [2.45, 2.75) is 33.2 Å². The Kier molecular flexibility index (Phi) is 4.35. The van der Waals surface area contributed by atoms with Gasteiger partial charge in [-0.3, -0.25) is 9.59 Å². The Morgan fingerprint density at radius 1 is 1.27 bits per heavy atom. The predicted molar refractivity (Wildman–Crippen MR) is 103 cm³/mol. The van der Waals surface area contributed by atoms with Crippen molar-refractivity contribution in [3.8, 4) is 0 Å². The molecule has 1 aliphatic carbocycles. The van der Waals surface area contributed by atoms with Crippen LogP contribution in [0.5, 0.6) is 0 Å². The zero-order valence-corrected chi connectivity index (χ0v) is 16.1. The molecule has 1 saturated carbocycles. The van der Waals surface area contributed by atoms with Crippen LogP contribution in [0.15, 0.2) is 35.7 Å². The molecular weight excluding hydrogens is 344 g/mol. The number of amides is 2. The van der Waals surface area contributed by atoms with Crippen LogP contribution in [0.2, 0.25) is 0 Å². The second kappa shape index (κ2) is 6.54. The molecule has 26 heavy (non-hydrogen) atoms. The first-order valence-corrected chi connectivity index (χ1v) is 10.0. The van der Waals surface area contributed by atoms with Crippen LogP contribution in [0.1, 0.15) is 39.2 Å². The molecule has 2 heterocycles. The van der Waals surface area contributed by atoms with Crippen molar-refractivity contribution >= 4 is 23.2 Å². The summed E-state index contributed by atoms with van der Waals surface area (Å²) in [5.74, 6) is 0.286. The lowest BCUT2D eigenvalue weighted by molar-refractivity contribution is -0.123. The van der Waals surface area contributed by atoms with E-state index in [-0.39, 0.29) is 23.1 Å². The Morgan fingerprint density at radius 2 is 2.12 bits per heavy atom. The Labute approximate surface area is 158 Å². The standard InChI is InChI=1S/C21H24N2O2S/c1-14-5-6-16(10-15(14)2)20(25)23-8-7-21(13-23)11-18(21)19(24)22-12-17-4-3-9-26-17/h3-6,9-10,18H,7-8,11-13H2,1-2H3,(H,22,24)/t18-,21-/m0/s1. The predicted octanol–water partition coefficient (Wildman–Crippen LogP) is 3.53. The molecule has 2 aliphatic rings. The van der Waals surface area contributed by atoms with E-state index in [1.54, 1.807) is 11.3 Å². The first kappa shape index (κ1) is 17.3. The van der Waals surface area contributed by atoms with E-state index >= 15 is 0 Å². The number of hydrogen-bond donors (Lipinski definition) is 1. The van der Waals surface area contributed by atoms with Gasteiger partial charge in [0, 0.05) is 34.9 Å². The number of carbonyl (C=O) groups excluding carboxylic acids is 2. The van der Waals surface area contributed by atoms with Gasteiger partial charge >= 0.3 is 0 Å². The minimum Gasteiger partial charge on any atom is -0.351 e. The lowest BCUT2D eigenvalue weighted by Crippen LogP contribution is -2.31. The largest absolute Gasteiger partial charge is 0.351 e. The van der Waals surface area contributed by atoms with E-state index in [2.05, 4.69) is 12.2 Å². The van der Waals surface area contributed by atoms with Crippen LogP contribution in [-0.4, -0.2) is 29.8 Å². The van der Waals surface area contributed by atoms with Gasteiger partial charge in [-0.15, -0.1) is 11.3 Å². The van der Waals surface area contributed by atoms with Crippen molar-refractivity contribution in [3.05, 3.63) is 57.3 Å². The zero-order chi connectivity index (χ0) is 18.3. The molecule has 1 saturated heterocycles. The molecule has 0 radical (unpaired) electrons. The van der Waals surface area contributed by atoms with Gasteiger partial charge < -0.3 is 10.2 Å². The molecule has 1 aromatic heterocycles. The lowest BCUT2D eigenvalue weighted by Gasteiger charge is -2.17. The summed E-state index contributed by atoms with van der Waals surface area (Å²) < 4.78 is 0. The van der Waals surface area contributed by atoms with Crippen LogP contribution in [0.25, 0.3) is 0 Å². The van der Waals surface area contributed by atoms with E-state index in [0.717, 1.165) is 30.5 Å². The molecule has 4 rings (SSSR count). The summed E-state index contributed by atoms with van der Waals surface area (Å²) in [6, 6.07) is 9.92. The van der Waals surface area contributed by atoms with Crippen molar-refractivity contribution in [3.63, 3.8) is 0 Å². The molecule has 1 N–H and O–H groups in total. The molecule has 1 aliphatic heterocycles. The fourth-order valence-electron chi connectivity index (χ4n) is 4.01. The zero-order valence-electron chi connectivity index (χ0n) is 15.2. The Hall–Kier alpha value is -2.14. The monoisotopic (exact) mass is 368 g/mol. The molecule has 0 bridgehead atoms. The molecule has 0 unspecified atom stereocenters. The molecule has 1 aromatic carbocycles. The number of nitrogens with zero attached hydrogens (tertiary/aromatic N) is 1. The highest BCUT2D eigenvalue weighted by Crippen LogP contribution is 2.58. The van der Waals surface area contributed by atoms with E-state index in [9.17, 15) is 9.59 Å². The van der Waals surface area contributed by atoms with Gasteiger partial charge in [0.2, 0.25) is 5.91 Å². The second-order valence-electron chi connectivity index (χ2n) is 7.69. The van der Waals surface area contributed by atoms with Crippen LogP contribution >= 0.6 is 11.3 Å². The smallest absolute Gasteiger partial charge is 0.253 e. The number of carbonyl (C=O) groups is 2. The molecule has 5 heteroatoms. The highest BCUT2D eigenvalue weighted by atomic mass is 32.1. The average Bonchev–Trinajstić information content (AvgIpc) is 2.98. The van der Waals surface area contributed by atoms with Crippen LogP contribution in [0, 0.1) is 25.2 Å². The number of hydrogen-bond acceptors (Lipinski definition) is 3. The molecule has 4 nitrogen and oxygen atoms in total. The Morgan fingerprint density at radius 3 is 2.85 bits per heavy atom. The molecule has 2 aromatic rings. The van der Waals surface area contributed by atoms with Crippen LogP contribution in [-0.2, 0) is 11.3 Å². The molecule has 2 fully saturated rings. The maximum Gasteiger partial charge on any atom is 0.253 e. The summed E-state index contributed by atoms with van der Waals surface area (Å²) in [6.07, 6.45) is 1.83. The molecule has 136 valence electrons. The first-order valence-electron chi connectivity index (χ1n) is 9.15. The third kappa shape index (κ3) is 3.16. The van der Waals surface area contributed by atoms with Crippen molar-refractivity contribution in [2.24, 2.45) is 11.3 Å². The molecule has 1 spiro atoms. The van der Waals surface area contributed by atoms with Gasteiger partial charge in [0.1, 0.15) is 0 Å². The SMILES string of the molecule is Cc1ccc(C(=O)N2CC[C@]3(C[C@H]3C(=O)NCc3cccs3)C2)cc1C. The normalized spacial score (nSPS) is 24.1. The maximum atomic E-state index is 12.8. The number of benzene rings is 1. The van der Waals surface area contributed by atoms with Gasteiger partial charge in [-0.05, 0) is 61.4 Å². The van der Waals surface area contributed by atoms with Crippen molar-refractivity contribution < 1.29 is 9.59 Å². The van der Waals surface area contributed by atoms with Crippen molar-refractivity contribution in [1.29, 1.82) is 0 Å². The number of likely N-dealkylation sites (tertiary alicyclic amines) is 1. The number of nitrogens with one attached hydrogen (secondary N) is 1. The summed E-state index contributed by atoms with van der Waals surface area (Å²) in [6.45, 7) is 6.15. The van der Waals surface area contributed by atoms with Crippen LogP contribution < -0.4 is 5.32 Å². The van der Waals surface area contributed by atoms with Crippen LogP contribution in [0.3, 0.4) is 0 Å². The van der Waals surface area contributed by atoms with E-state index in [4.69, 9.17) is 0 Å². The lowest BCUT2D eigenvalue weighted by atomic mass is 10.0. The molecule has 2 atom stereocenters. The van der Waals surface area contributed by atoms with Gasteiger partial charge in [0.05, 0.1) is 6.54 Å². The van der Waals surface area contributed by atoms with E-state index in [1.165, 1.54) is 10.4 Å². The van der Waals surface area contributed by atoms with Gasteiger partial charge in [0.25, 0.3) is 5.91 Å². The van der Waals surface area contributed by atoms with Gasteiger partial charge in [-0.1, -0.05) is 12.1 Å². The molecular formula is C21H24N2O2S. The average molecular weight is 369 g/mol. The van der Waals surface area contributed by atoms with E-state index in [0.29, 0.717) is 13.1 Å². The van der Waals surface area contributed by atoms with Gasteiger partial charge in [-0.25, -0.2) is 0 Å². The third-order valence-corrected chi connectivity index (χ3v) is 6.83. The topological polar surface area (TPSA) is 49.4 Å². The van der Waals surface area contributed by atoms with Gasteiger partial charge in [-0.2, -0.15) is 0 Å². The number of thiophene rings is 1. The quantitative estimate of drug-likeness (QED) is 0.897. The van der Waals surface area contributed by atoms with Crippen molar-refractivity contribution in [1.82, 2.24) is 10.2 Å². The highest BCUT2D eigenvalue weighted by Gasteiger charge is 2.61. The number of aryl methyl sites for hydroxylation is 2. The first-order chi connectivity index (χ1) is 12.5. The minimum absolute atomic E-state index is 0.00886. The second-order valence-corrected chi connectivity index (χ2v) is 8.72. The number of rotatable bonds is 4. The summed E-state index contributed by atoms with van der Waals surface area (Å²) in [5.41, 5.74) is 3.10. The maximum absolute atomic E-state index is 12.8.